The van der Waals surface area contributed by atoms with Crippen molar-refractivity contribution in [3.8, 4) is 5.75 Å². The van der Waals surface area contributed by atoms with Crippen molar-refractivity contribution in [3.63, 3.8) is 0 Å². The first-order valence-electron chi connectivity index (χ1n) is 10.9. The highest BCUT2D eigenvalue weighted by Gasteiger charge is 2.25. The van der Waals surface area contributed by atoms with E-state index >= 15 is 0 Å². The number of amides is 1. The number of nitrogens with zero attached hydrogens (tertiary/aromatic N) is 2. The third-order valence-electron chi connectivity index (χ3n) is 5.72. The minimum Gasteiger partial charge on any atom is -0.481 e. The molecule has 1 amide bonds. The molecule has 0 saturated heterocycles. The number of carbonyl (C=O) groups excluding carboxylic acids is 1. The van der Waals surface area contributed by atoms with Gasteiger partial charge in [0, 0.05) is 25.2 Å². The van der Waals surface area contributed by atoms with Gasteiger partial charge in [0.25, 0.3) is 5.91 Å². The van der Waals surface area contributed by atoms with Crippen molar-refractivity contribution in [2.24, 2.45) is 0 Å². The molecule has 162 valence electrons. The molecule has 2 heterocycles. The summed E-state index contributed by atoms with van der Waals surface area (Å²) in [4.78, 5) is 15.2. The van der Waals surface area contributed by atoms with E-state index in [2.05, 4.69) is 58.5 Å². The van der Waals surface area contributed by atoms with Crippen LogP contribution >= 0.6 is 0 Å². The van der Waals surface area contributed by atoms with Crippen LogP contribution in [0.5, 0.6) is 5.75 Å². The van der Waals surface area contributed by atoms with Crippen molar-refractivity contribution in [1.29, 1.82) is 0 Å². The summed E-state index contributed by atoms with van der Waals surface area (Å²) < 4.78 is 5.99. The van der Waals surface area contributed by atoms with Crippen molar-refractivity contribution >= 4 is 11.7 Å². The van der Waals surface area contributed by atoms with Gasteiger partial charge in [0.05, 0.1) is 5.69 Å². The van der Waals surface area contributed by atoms with E-state index in [0.717, 1.165) is 48.6 Å². The van der Waals surface area contributed by atoms with Gasteiger partial charge >= 0.3 is 0 Å². The van der Waals surface area contributed by atoms with Gasteiger partial charge in [0.1, 0.15) is 5.75 Å². The molecule has 1 unspecified atom stereocenters. The van der Waals surface area contributed by atoms with E-state index in [0.29, 0.717) is 11.7 Å². The Morgan fingerprint density at radius 2 is 1.87 bits per heavy atom. The average Bonchev–Trinajstić information content (AvgIpc) is 3.16. The summed E-state index contributed by atoms with van der Waals surface area (Å²) in [5.74, 6) is 1.50. The summed E-state index contributed by atoms with van der Waals surface area (Å²) in [6.45, 7) is 8.63. The summed E-state index contributed by atoms with van der Waals surface area (Å²) in [5.41, 5.74) is 4.55. The Hall–Kier alpha value is -3.12. The maximum atomic E-state index is 12.8. The minimum absolute atomic E-state index is 0.195. The Morgan fingerprint density at radius 1 is 1.13 bits per heavy atom. The number of hydrogen-bond donors (Lipinski definition) is 2. The lowest BCUT2D eigenvalue weighted by atomic mass is 10.0. The van der Waals surface area contributed by atoms with Crippen LogP contribution in [-0.4, -0.2) is 33.7 Å². The van der Waals surface area contributed by atoms with Gasteiger partial charge < -0.3 is 10.1 Å². The Labute approximate surface area is 183 Å². The lowest BCUT2D eigenvalue weighted by Gasteiger charge is -2.26. The normalized spacial score (nSPS) is 14.8. The number of nitrogens with one attached hydrogen (secondary N) is 2. The van der Waals surface area contributed by atoms with Crippen molar-refractivity contribution in [2.75, 3.05) is 11.9 Å². The Kier molecular flexibility index (Phi) is 6.37. The predicted molar refractivity (Wildman–Crippen MR) is 122 cm³/mol. The molecule has 2 N–H and O–H groups in total. The van der Waals surface area contributed by atoms with Crippen LogP contribution in [0.3, 0.4) is 0 Å². The molecular formula is C25H30N4O2. The van der Waals surface area contributed by atoms with Gasteiger partial charge in [-0.1, -0.05) is 62.4 Å². The number of aromatic nitrogens is 2. The molecule has 1 atom stereocenters. The van der Waals surface area contributed by atoms with E-state index in [1.54, 1.807) is 6.92 Å². The van der Waals surface area contributed by atoms with Crippen LogP contribution in [0.15, 0.2) is 54.6 Å². The molecule has 2 aromatic carbocycles. The molecule has 0 saturated carbocycles. The van der Waals surface area contributed by atoms with E-state index in [-0.39, 0.29) is 5.91 Å². The van der Waals surface area contributed by atoms with Crippen molar-refractivity contribution in [2.45, 2.75) is 52.3 Å². The summed E-state index contributed by atoms with van der Waals surface area (Å²) in [5, 5.41) is 10.4. The van der Waals surface area contributed by atoms with Crippen LogP contribution in [0.25, 0.3) is 0 Å². The number of fused-ring (bicyclic) bond motifs is 1. The number of para-hydroxylation sites is 1. The molecule has 0 fully saturated rings. The Balaban J connectivity index is 1.38. The van der Waals surface area contributed by atoms with Crippen molar-refractivity contribution < 1.29 is 9.53 Å². The predicted octanol–water partition coefficient (Wildman–Crippen LogP) is 4.50. The zero-order valence-electron chi connectivity index (χ0n) is 18.4. The SMILES string of the molecule is CC(Oc1ccccc1C(C)C)C(=O)Nc1n[nH]c2c1CCN(Cc1ccccc1)C2. The van der Waals surface area contributed by atoms with Gasteiger partial charge in [0.15, 0.2) is 11.9 Å². The van der Waals surface area contributed by atoms with Crippen LogP contribution < -0.4 is 10.1 Å². The number of rotatable bonds is 7. The molecule has 4 rings (SSSR count). The molecule has 0 bridgehead atoms. The smallest absolute Gasteiger partial charge is 0.266 e. The zero-order chi connectivity index (χ0) is 21.8. The number of ether oxygens (including phenoxy) is 1. The Bertz CT molecular complexity index is 1030. The molecule has 1 aliphatic rings. The van der Waals surface area contributed by atoms with Crippen LogP contribution in [0, 0.1) is 0 Å². The second-order valence-electron chi connectivity index (χ2n) is 8.42. The van der Waals surface area contributed by atoms with Crippen LogP contribution in [0.4, 0.5) is 5.82 Å². The van der Waals surface area contributed by atoms with Crippen LogP contribution in [0.1, 0.15) is 49.1 Å². The highest BCUT2D eigenvalue weighted by Crippen LogP contribution is 2.28. The molecule has 0 spiro atoms. The van der Waals surface area contributed by atoms with Crippen molar-refractivity contribution in [1.82, 2.24) is 15.1 Å². The van der Waals surface area contributed by atoms with Crippen LogP contribution in [0.2, 0.25) is 0 Å². The molecule has 31 heavy (non-hydrogen) atoms. The summed E-state index contributed by atoms with van der Waals surface area (Å²) >= 11 is 0. The molecule has 3 aromatic rings. The first kappa shape index (κ1) is 21.1. The van der Waals surface area contributed by atoms with Crippen LogP contribution in [-0.2, 0) is 24.3 Å². The highest BCUT2D eigenvalue weighted by atomic mass is 16.5. The van der Waals surface area contributed by atoms with E-state index in [4.69, 9.17) is 4.74 Å². The largest absolute Gasteiger partial charge is 0.481 e. The summed E-state index contributed by atoms with van der Waals surface area (Å²) in [6, 6.07) is 18.3. The molecule has 6 nitrogen and oxygen atoms in total. The van der Waals surface area contributed by atoms with Gasteiger partial charge in [-0.25, -0.2) is 0 Å². The fraction of sp³-hybridized carbons (Fsp3) is 0.360. The first-order valence-corrected chi connectivity index (χ1v) is 10.9. The topological polar surface area (TPSA) is 70.2 Å². The standard InChI is InChI=1S/C25H30N4O2/c1-17(2)20-11-7-8-12-23(20)31-18(3)25(30)26-24-21-13-14-29(16-22(21)27-28-24)15-19-9-5-4-6-10-19/h4-12,17-18H,13-16H2,1-3H3,(H2,26,27,28,30). The second-order valence-corrected chi connectivity index (χ2v) is 8.42. The van der Waals surface area contributed by atoms with Gasteiger partial charge in [-0.3, -0.25) is 14.8 Å². The van der Waals surface area contributed by atoms with Crippen molar-refractivity contribution in [3.05, 3.63) is 77.0 Å². The fourth-order valence-electron chi connectivity index (χ4n) is 3.98. The molecule has 1 aliphatic heterocycles. The molecule has 1 aromatic heterocycles. The van der Waals surface area contributed by atoms with Gasteiger partial charge in [-0.15, -0.1) is 0 Å². The van der Waals surface area contributed by atoms with E-state index < -0.39 is 6.10 Å². The molecule has 0 aliphatic carbocycles. The fourth-order valence-corrected chi connectivity index (χ4v) is 3.98. The maximum Gasteiger partial charge on any atom is 0.266 e. The Morgan fingerprint density at radius 3 is 2.65 bits per heavy atom. The quantitative estimate of drug-likeness (QED) is 0.593. The van der Waals surface area contributed by atoms with E-state index in [1.165, 1.54) is 5.56 Å². The van der Waals surface area contributed by atoms with E-state index in [9.17, 15) is 4.79 Å². The second kappa shape index (κ2) is 9.35. The first-order chi connectivity index (χ1) is 15.0. The number of hydrogen-bond acceptors (Lipinski definition) is 4. The van der Waals surface area contributed by atoms with Gasteiger partial charge in [-0.05, 0) is 36.5 Å². The number of aromatic amines is 1. The van der Waals surface area contributed by atoms with E-state index in [1.807, 2.05) is 30.3 Å². The molecule has 0 radical (unpaired) electrons. The minimum atomic E-state index is -0.620. The summed E-state index contributed by atoms with van der Waals surface area (Å²) in [6.07, 6.45) is 0.227. The third-order valence-corrected chi connectivity index (χ3v) is 5.72. The average molecular weight is 419 g/mol. The number of carbonyl (C=O) groups is 1. The third kappa shape index (κ3) is 4.97. The lowest BCUT2D eigenvalue weighted by Crippen LogP contribution is -2.32. The number of H-pyrrole nitrogens is 1. The summed E-state index contributed by atoms with van der Waals surface area (Å²) in [7, 11) is 0. The van der Waals surface area contributed by atoms with Gasteiger partial charge in [0.2, 0.25) is 0 Å². The van der Waals surface area contributed by atoms with Gasteiger partial charge in [-0.2, -0.15) is 5.10 Å². The number of anilines is 1. The highest BCUT2D eigenvalue weighted by molar-refractivity contribution is 5.94. The molecule has 6 heteroatoms. The molecular weight excluding hydrogens is 388 g/mol. The zero-order valence-corrected chi connectivity index (χ0v) is 18.4. The maximum absolute atomic E-state index is 12.8. The monoisotopic (exact) mass is 418 g/mol. The lowest BCUT2D eigenvalue weighted by molar-refractivity contribution is -0.122. The number of benzene rings is 2.